The number of nitriles is 1. The number of nitrogens with zero attached hydrogens (tertiary/aromatic N) is 3. The molecule has 5 heteroatoms. The van der Waals surface area contributed by atoms with E-state index < -0.39 is 0 Å². The summed E-state index contributed by atoms with van der Waals surface area (Å²) in [6.07, 6.45) is 0. The molecule has 0 bridgehead atoms. The summed E-state index contributed by atoms with van der Waals surface area (Å²) in [5.74, 6) is 0.663. The molecule has 10 rings (SSSR count). The first-order valence-electron chi connectivity index (χ1n) is 17.1. The van der Waals surface area contributed by atoms with E-state index in [1.807, 2.05) is 42.5 Å². The molecule has 3 heterocycles. The SMILES string of the molecule is N#Cc1cccc(-c2cccc(-c3nc(-c4cccc(-c5cccc(-c6cccc7c6oc6ccccc67)c5)c4)c4sc5ccccc5c4n3)c2)c1. The number of para-hydroxylation sites is 2. The number of furan rings is 1. The first-order valence-corrected chi connectivity index (χ1v) is 17.9. The molecule has 0 amide bonds. The summed E-state index contributed by atoms with van der Waals surface area (Å²) >= 11 is 1.73. The van der Waals surface area contributed by atoms with Gasteiger partial charge in [-0.3, -0.25) is 0 Å². The zero-order valence-electron chi connectivity index (χ0n) is 27.7. The van der Waals surface area contributed by atoms with Crippen molar-refractivity contribution in [2.24, 2.45) is 0 Å². The Morgan fingerprint density at radius 2 is 1.10 bits per heavy atom. The van der Waals surface area contributed by atoms with Gasteiger partial charge in [0.15, 0.2) is 5.82 Å². The molecule has 0 saturated heterocycles. The molecule has 0 unspecified atom stereocenters. The molecular formula is C47H27N3OS. The van der Waals surface area contributed by atoms with E-state index in [0.717, 1.165) is 87.7 Å². The Labute approximate surface area is 303 Å². The van der Waals surface area contributed by atoms with Crippen LogP contribution in [0.2, 0.25) is 0 Å². The van der Waals surface area contributed by atoms with Crippen molar-refractivity contribution in [3.8, 4) is 62.1 Å². The fraction of sp³-hybridized carbons (Fsp3) is 0. The normalized spacial score (nSPS) is 11.4. The number of aromatic nitrogens is 2. The van der Waals surface area contributed by atoms with E-state index >= 15 is 0 Å². The molecular weight excluding hydrogens is 655 g/mol. The maximum atomic E-state index is 9.50. The van der Waals surface area contributed by atoms with Crippen LogP contribution in [0.5, 0.6) is 0 Å². The third kappa shape index (κ3) is 5.05. The largest absolute Gasteiger partial charge is 0.455 e. The second-order valence-corrected chi connectivity index (χ2v) is 13.9. The van der Waals surface area contributed by atoms with Crippen LogP contribution in [-0.2, 0) is 0 Å². The van der Waals surface area contributed by atoms with Gasteiger partial charge in [-0.15, -0.1) is 11.3 Å². The fourth-order valence-corrected chi connectivity index (χ4v) is 8.36. The van der Waals surface area contributed by atoms with Crippen LogP contribution in [0.3, 0.4) is 0 Å². The van der Waals surface area contributed by atoms with Gasteiger partial charge < -0.3 is 4.42 Å². The minimum Gasteiger partial charge on any atom is -0.455 e. The monoisotopic (exact) mass is 681 g/mol. The van der Waals surface area contributed by atoms with Crippen LogP contribution >= 0.6 is 11.3 Å². The van der Waals surface area contributed by atoms with Gasteiger partial charge in [0.25, 0.3) is 0 Å². The van der Waals surface area contributed by atoms with Crippen molar-refractivity contribution in [1.29, 1.82) is 5.26 Å². The summed E-state index contributed by atoms with van der Waals surface area (Å²) in [5, 5.41) is 12.9. The van der Waals surface area contributed by atoms with Crippen LogP contribution in [0, 0.1) is 11.3 Å². The first-order chi connectivity index (χ1) is 25.7. The second kappa shape index (κ2) is 12.2. The summed E-state index contributed by atoms with van der Waals surface area (Å²) in [7, 11) is 0. The Morgan fingerprint density at radius 1 is 0.500 bits per heavy atom. The van der Waals surface area contributed by atoms with Gasteiger partial charge >= 0.3 is 0 Å². The molecule has 0 aliphatic rings. The highest BCUT2D eigenvalue weighted by molar-refractivity contribution is 7.26. The first kappa shape index (κ1) is 30.0. The molecule has 10 aromatic rings. The summed E-state index contributed by atoms with van der Waals surface area (Å²) in [6, 6.07) is 58.5. The molecule has 3 aromatic heterocycles. The van der Waals surface area contributed by atoms with E-state index in [1.165, 1.54) is 4.70 Å². The van der Waals surface area contributed by atoms with Crippen molar-refractivity contribution in [3.05, 3.63) is 169 Å². The van der Waals surface area contributed by atoms with Gasteiger partial charge in [-0.05, 0) is 70.3 Å². The van der Waals surface area contributed by atoms with Crippen molar-refractivity contribution in [3.63, 3.8) is 0 Å². The third-order valence-electron chi connectivity index (χ3n) is 9.71. The van der Waals surface area contributed by atoms with Gasteiger partial charge in [0.1, 0.15) is 11.2 Å². The van der Waals surface area contributed by atoms with Crippen LogP contribution in [-0.4, -0.2) is 9.97 Å². The predicted octanol–water partition coefficient (Wildman–Crippen LogP) is 13.0. The molecule has 0 atom stereocenters. The number of benzene rings is 7. The maximum Gasteiger partial charge on any atom is 0.160 e. The Hall–Kier alpha value is -6.87. The second-order valence-electron chi connectivity index (χ2n) is 12.9. The average Bonchev–Trinajstić information content (AvgIpc) is 3.79. The molecule has 52 heavy (non-hydrogen) atoms. The van der Waals surface area contributed by atoms with Gasteiger partial charge in [0.05, 0.1) is 27.5 Å². The smallest absolute Gasteiger partial charge is 0.160 e. The molecule has 0 aliphatic heterocycles. The number of hydrogen-bond donors (Lipinski definition) is 0. The summed E-state index contributed by atoms with van der Waals surface area (Å²) in [6.45, 7) is 0. The lowest BCUT2D eigenvalue weighted by atomic mass is 9.96. The summed E-state index contributed by atoms with van der Waals surface area (Å²) in [4.78, 5) is 10.5. The molecule has 242 valence electrons. The molecule has 0 fully saturated rings. The van der Waals surface area contributed by atoms with Gasteiger partial charge in [-0.1, -0.05) is 121 Å². The molecule has 0 aliphatic carbocycles. The van der Waals surface area contributed by atoms with Crippen LogP contribution in [0.25, 0.3) is 98.3 Å². The summed E-state index contributed by atoms with van der Waals surface area (Å²) < 4.78 is 8.63. The Kier molecular flexibility index (Phi) is 7.02. The van der Waals surface area contributed by atoms with Crippen LogP contribution in [0.1, 0.15) is 5.56 Å². The average molecular weight is 682 g/mol. The highest BCUT2D eigenvalue weighted by atomic mass is 32.1. The van der Waals surface area contributed by atoms with Gasteiger partial charge in [0.2, 0.25) is 0 Å². The topological polar surface area (TPSA) is 62.7 Å². The Morgan fingerprint density at radius 3 is 1.90 bits per heavy atom. The molecule has 0 radical (unpaired) electrons. The van der Waals surface area contributed by atoms with Crippen molar-refractivity contribution in [2.75, 3.05) is 0 Å². The van der Waals surface area contributed by atoms with Gasteiger partial charge in [0, 0.05) is 37.5 Å². The number of fused-ring (bicyclic) bond motifs is 6. The zero-order valence-corrected chi connectivity index (χ0v) is 28.6. The minimum atomic E-state index is 0.629. The number of rotatable bonds is 5. The molecule has 0 N–H and O–H groups in total. The fourth-order valence-electron chi connectivity index (χ4n) is 7.21. The number of hydrogen-bond acceptors (Lipinski definition) is 5. The maximum absolute atomic E-state index is 9.50. The van der Waals surface area contributed by atoms with E-state index in [9.17, 15) is 5.26 Å². The van der Waals surface area contributed by atoms with Crippen LogP contribution in [0.4, 0.5) is 0 Å². The standard InChI is InChI=1S/C47H27N3OS/c48-28-29-10-5-11-30(24-29)33-14-8-17-36(27-33)47-49-43(46-44(50-47)40-19-2-4-23-42(40)52-46)35-16-7-13-32(26-35)31-12-6-15-34(25-31)37-20-9-21-39-38-18-1-3-22-41(38)51-45(37)39/h1-27H. The van der Waals surface area contributed by atoms with E-state index in [2.05, 4.69) is 127 Å². The number of thiophene rings is 1. The van der Waals surface area contributed by atoms with E-state index in [-0.39, 0.29) is 0 Å². The quantitative estimate of drug-likeness (QED) is 0.181. The van der Waals surface area contributed by atoms with E-state index in [4.69, 9.17) is 14.4 Å². The van der Waals surface area contributed by atoms with Gasteiger partial charge in [-0.2, -0.15) is 5.26 Å². The zero-order chi connectivity index (χ0) is 34.6. The van der Waals surface area contributed by atoms with Crippen molar-refractivity contribution >= 4 is 53.6 Å². The minimum absolute atomic E-state index is 0.629. The lowest BCUT2D eigenvalue weighted by molar-refractivity contribution is 0.670. The van der Waals surface area contributed by atoms with Crippen molar-refractivity contribution in [1.82, 2.24) is 9.97 Å². The lowest BCUT2D eigenvalue weighted by Gasteiger charge is -2.11. The van der Waals surface area contributed by atoms with Crippen LogP contribution < -0.4 is 0 Å². The molecule has 0 saturated carbocycles. The predicted molar refractivity (Wildman–Crippen MR) is 214 cm³/mol. The third-order valence-corrected chi connectivity index (χ3v) is 10.9. The van der Waals surface area contributed by atoms with E-state index in [0.29, 0.717) is 11.4 Å². The molecule has 0 spiro atoms. The Bertz CT molecular complexity index is 3060. The highest BCUT2D eigenvalue weighted by Crippen LogP contribution is 2.41. The summed E-state index contributed by atoms with van der Waals surface area (Å²) in [5.41, 5.74) is 12.6. The molecule has 4 nitrogen and oxygen atoms in total. The van der Waals surface area contributed by atoms with Gasteiger partial charge in [-0.25, -0.2) is 9.97 Å². The highest BCUT2D eigenvalue weighted by Gasteiger charge is 2.18. The lowest BCUT2D eigenvalue weighted by Crippen LogP contribution is -1.94. The van der Waals surface area contributed by atoms with E-state index in [1.54, 1.807) is 11.3 Å². The van der Waals surface area contributed by atoms with Crippen LogP contribution in [0.15, 0.2) is 168 Å². The van der Waals surface area contributed by atoms with Crippen molar-refractivity contribution < 1.29 is 4.42 Å². The Balaban J connectivity index is 1.11. The van der Waals surface area contributed by atoms with Crippen molar-refractivity contribution in [2.45, 2.75) is 0 Å². The molecule has 7 aromatic carbocycles.